The van der Waals surface area contributed by atoms with Crippen molar-refractivity contribution in [1.29, 1.82) is 0 Å². The minimum Gasteiger partial charge on any atom is -0.357 e. The second-order valence-electron chi connectivity index (χ2n) is 6.57. The lowest BCUT2D eigenvalue weighted by Gasteiger charge is -2.33. The van der Waals surface area contributed by atoms with Gasteiger partial charge in [0, 0.05) is 38.5 Å². The number of hydrogen-bond donors (Lipinski definition) is 2. The molecule has 2 rings (SSSR count). The van der Waals surface area contributed by atoms with Crippen LogP contribution in [0.1, 0.15) is 25.3 Å². The molecule has 1 aromatic rings. The number of hydrogen-bond acceptors (Lipinski definition) is 4. The van der Waals surface area contributed by atoms with Crippen molar-refractivity contribution in [3.8, 4) is 0 Å². The van der Waals surface area contributed by atoms with Crippen LogP contribution in [0.15, 0.2) is 35.3 Å². The fourth-order valence-corrected chi connectivity index (χ4v) is 3.34. The first-order valence-electron chi connectivity index (χ1n) is 8.95. The Hall–Kier alpha value is -1.60. The number of sulfone groups is 1. The summed E-state index contributed by atoms with van der Waals surface area (Å²) in [7, 11) is -2.97. The van der Waals surface area contributed by atoms with Crippen LogP contribution in [0.2, 0.25) is 0 Å². The second-order valence-corrected chi connectivity index (χ2v) is 8.83. The van der Waals surface area contributed by atoms with Gasteiger partial charge in [-0.3, -0.25) is 9.89 Å². The molecule has 6 nitrogen and oxygen atoms in total. The van der Waals surface area contributed by atoms with Gasteiger partial charge in [-0.25, -0.2) is 8.42 Å². The van der Waals surface area contributed by atoms with Gasteiger partial charge in [-0.15, -0.1) is 0 Å². The third kappa shape index (κ3) is 7.88. The first-order chi connectivity index (χ1) is 12.0. The lowest BCUT2D eigenvalue weighted by atomic mass is 10.0. The van der Waals surface area contributed by atoms with Crippen LogP contribution in [-0.2, 0) is 16.4 Å². The lowest BCUT2D eigenvalue weighted by molar-refractivity contribution is 0.198. The molecule has 0 bridgehead atoms. The van der Waals surface area contributed by atoms with Crippen LogP contribution in [0.4, 0.5) is 0 Å². The molecule has 1 aliphatic heterocycles. The van der Waals surface area contributed by atoms with Gasteiger partial charge >= 0.3 is 0 Å². The number of nitrogens with zero attached hydrogens (tertiary/aromatic N) is 2. The van der Waals surface area contributed by atoms with Gasteiger partial charge in [0.2, 0.25) is 0 Å². The van der Waals surface area contributed by atoms with Crippen LogP contribution < -0.4 is 10.6 Å². The monoisotopic (exact) mass is 366 g/mol. The van der Waals surface area contributed by atoms with E-state index in [4.69, 9.17) is 0 Å². The molecule has 0 atom stereocenters. The highest BCUT2D eigenvalue weighted by Crippen LogP contribution is 2.13. The van der Waals surface area contributed by atoms with Gasteiger partial charge in [0.05, 0.1) is 12.3 Å². The summed E-state index contributed by atoms with van der Waals surface area (Å²) in [5, 5.41) is 6.64. The van der Waals surface area contributed by atoms with Gasteiger partial charge in [-0.2, -0.15) is 0 Å². The Morgan fingerprint density at radius 2 is 1.92 bits per heavy atom. The maximum atomic E-state index is 11.2. The van der Waals surface area contributed by atoms with Crippen molar-refractivity contribution in [2.45, 2.75) is 32.4 Å². The topological polar surface area (TPSA) is 73.8 Å². The van der Waals surface area contributed by atoms with E-state index in [1.807, 2.05) is 13.0 Å². The smallest absolute Gasteiger partial charge is 0.191 e. The highest BCUT2D eigenvalue weighted by molar-refractivity contribution is 7.90. The molecule has 1 heterocycles. The van der Waals surface area contributed by atoms with E-state index < -0.39 is 9.84 Å². The minimum atomic E-state index is -2.97. The zero-order chi connectivity index (χ0) is 18.1. The summed E-state index contributed by atoms with van der Waals surface area (Å²) < 4.78 is 22.5. The zero-order valence-electron chi connectivity index (χ0n) is 15.2. The van der Waals surface area contributed by atoms with Gasteiger partial charge in [0.15, 0.2) is 5.96 Å². The Morgan fingerprint density at radius 1 is 1.24 bits per heavy atom. The predicted molar refractivity (Wildman–Crippen MR) is 104 cm³/mol. The Bertz CT molecular complexity index is 638. The van der Waals surface area contributed by atoms with Gasteiger partial charge in [0.1, 0.15) is 9.84 Å². The average Bonchev–Trinajstić information content (AvgIpc) is 2.56. The molecule has 1 aliphatic rings. The third-order valence-electron chi connectivity index (χ3n) is 4.25. The molecule has 2 N–H and O–H groups in total. The SMILES string of the molecule is CCNC(=NCCS(C)(=O)=O)NC1CCN(Cc2ccccc2)CC1. The van der Waals surface area contributed by atoms with E-state index in [1.54, 1.807) is 0 Å². The summed E-state index contributed by atoms with van der Waals surface area (Å²) in [5.41, 5.74) is 1.35. The first kappa shape index (κ1) is 19.7. The van der Waals surface area contributed by atoms with E-state index in [-0.39, 0.29) is 5.75 Å². The van der Waals surface area contributed by atoms with E-state index in [1.165, 1.54) is 11.8 Å². The molecule has 1 saturated heterocycles. The molecule has 0 spiro atoms. The molecular weight excluding hydrogens is 336 g/mol. The molecular formula is C18H30N4O2S. The summed E-state index contributed by atoms with van der Waals surface area (Å²) >= 11 is 0. The van der Waals surface area contributed by atoms with Crippen LogP contribution in [0.3, 0.4) is 0 Å². The average molecular weight is 367 g/mol. The molecule has 0 radical (unpaired) electrons. The molecule has 0 aliphatic carbocycles. The summed E-state index contributed by atoms with van der Waals surface area (Å²) in [6, 6.07) is 10.9. The van der Waals surface area contributed by atoms with Crippen molar-refractivity contribution in [2.75, 3.05) is 38.2 Å². The second kappa shape index (κ2) is 9.77. The van der Waals surface area contributed by atoms with E-state index in [0.717, 1.165) is 39.0 Å². The Labute approximate surface area is 151 Å². The Balaban J connectivity index is 1.79. The molecule has 0 aromatic heterocycles. The maximum absolute atomic E-state index is 11.2. The molecule has 1 fully saturated rings. The van der Waals surface area contributed by atoms with Gasteiger partial charge in [-0.05, 0) is 25.3 Å². The summed E-state index contributed by atoms with van der Waals surface area (Å²) in [6.45, 7) is 6.16. The van der Waals surface area contributed by atoms with Crippen LogP contribution in [0.5, 0.6) is 0 Å². The van der Waals surface area contributed by atoms with E-state index in [9.17, 15) is 8.42 Å². The van der Waals surface area contributed by atoms with Gasteiger partial charge < -0.3 is 10.6 Å². The Morgan fingerprint density at radius 3 is 2.52 bits per heavy atom. The van der Waals surface area contributed by atoms with Gasteiger partial charge in [0.25, 0.3) is 0 Å². The molecule has 7 heteroatoms. The fourth-order valence-electron chi connectivity index (χ4n) is 2.91. The van der Waals surface area contributed by atoms with Crippen LogP contribution >= 0.6 is 0 Å². The number of likely N-dealkylation sites (tertiary alicyclic amines) is 1. The Kier molecular flexibility index (Phi) is 7.71. The summed E-state index contributed by atoms with van der Waals surface area (Å²) in [6.07, 6.45) is 3.36. The predicted octanol–water partition coefficient (Wildman–Crippen LogP) is 1.25. The number of rotatable bonds is 7. The maximum Gasteiger partial charge on any atom is 0.191 e. The van der Waals surface area contributed by atoms with Crippen molar-refractivity contribution < 1.29 is 8.42 Å². The normalized spacial score (nSPS) is 17.4. The van der Waals surface area contributed by atoms with Crippen molar-refractivity contribution >= 4 is 15.8 Å². The van der Waals surface area contributed by atoms with Crippen LogP contribution in [-0.4, -0.2) is 63.5 Å². The largest absolute Gasteiger partial charge is 0.357 e. The molecule has 1 aromatic carbocycles. The zero-order valence-corrected chi connectivity index (χ0v) is 16.1. The number of aliphatic imine (C=N–C) groups is 1. The highest BCUT2D eigenvalue weighted by atomic mass is 32.2. The quantitative estimate of drug-likeness (QED) is 0.561. The highest BCUT2D eigenvalue weighted by Gasteiger charge is 2.20. The fraction of sp³-hybridized carbons (Fsp3) is 0.611. The van der Waals surface area contributed by atoms with Crippen molar-refractivity contribution in [3.05, 3.63) is 35.9 Å². The molecule has 25 heavy (non-hydrogen) atoms. The van der Waals surface area contributed by atoms with Gasteiger partial charge in [-0.1, -0.05) is 30.3 Å². The number of nitrogens with one attached hydrogen (secondary N) is 2. The van der Waals surface area contributed by atoms with Crippen molar-refractivity contribution in [3.63, 3.8) is 0 Å². The molecule has 0 unspecified atom stereocenters. The van der Waals surface area contributed by atoms with E-state index in [2.05, 4.69) is 44.8 Å². The summed E-state index contributed by atoms with van der Waals surface area (Å²) in [5.74, 6) is 0.798. The minimum absolute atomic E-state index is 0.0824. The lowest BCUT2D eigenvalue weighted by Crippen LogP contribution is -2.48. The van der Waals surface area contributed by atoms with Crippen LogP contribution in [0.25, 0.3) is 0 Å². The number of guanidine groups is 1. The van der Waals surface area contributed by atoms with Crippen molar-refractivity contribution in [2.24, 2.45) is 4.99 Å². The first-order valence-corrected chi connectivity index (χ1v) is 11.0. The standard InChI is InChI=1S/C18H30N4O2S/c1-3-19-18(20-11-14-25(2,23)24)21-17-9-12-22(13-10-17)15-16-7-5-4-6-8-16/h4-8,17H,3,9-15H2,1-2H3,(H2,19,20,21). The van der Waals surface area contributed by atoms with E-state index in [0.29, 0.717) is 18.5 Å². The number of benzene rings is 1. The molecule has 0 saturated carbocycles. The summed E-state index contributed by atoms with van der Waals surface area (Å²) in [4.78, 5) is 6.85. The number of piperidine rings is 1. The van der Waals surface area contributed by atoms with E-state index >= 15 is 0 Å². The molecule has 140 valence electrons. The van der Waals surface area contributed by atoms with Crippen LogP contribution in [0, 0.1) is 0 Å². The molecule has 0 amide bonds. The third-order valence-corrected chi connectivity index (χ3v) is 5.18. The van der Waals surface area contributed by atoms with Crippen molar-refractivity contribution in [1.82, 2.24) is 15.5 Å².